The van der Waals surface area contributed by atoms with Crippen molar-refractivity contribution >= 4 is 29.2 Å². The fraction of sp³-hybridized carbons (Fsp3) is 0.227. The summed E-state index contributed by atoms with van der Waals surface area (Å²) in [6.07, 6.45) is 1.31. The van der Waals surface area contributed by atoms with Gasteiger partial charge in [-0.3, -0.25) is 14.9 Å². The van der Waals surface area contributed by atoms with Gasteiger partial charge in [-0.2, -0.15) is 0 Å². The Labute approximate surface area is 192 Å². The molecule has 0 saturated carbocycles. The Morgan fingerprint density at radius 3 is 2.58 bits per heavy atom. The van der Waals surface area contributed by atoms with Crippen molar-refractivity contribution in [1.82, 2.24) is 10.3 Å². The fourth-order valence-corrected chi connectivity index (χ4v) is 3.04. The lowest BCUT2D eigenvalue weighted by Crippen LogP contribution is -2.45. The average molecular weight is 476 g/mol. The van der Waals surface area contributed by atoms with E-state index in [4.69, 9.17) is 20.8 Å². The van der Waals surface area contributed by atoms with Crippen LogP contribution in [0.2, 0.25) is 5.02 Å². The van der Waals surface area contributed by atoms with E-state index in [2.05, 4.69) is 10.3 Å². The van der Waals surface area contributed by atoms with Gasteiger partial charge < -0.3 is 14.5 Å². The SMILES string of the molecule is CC(C)[C@H](NC(=O)c1ccc(Cl)c([N+](=O)[O-])c1)C(=O)OCc1coc(-c2ccc(F)cc2)n1. The molecule has 2 aromatic carbocycles. The number of rotatable bonds is 8. The van der Waals surface area contributed by atoms with E-state index in [1.165, 1.54) is 42.7 Å². The summed E-state index contributed by atoms with van der Waals surface area (Å²) in [5.41, 5.74) is 0.434. The first-order chi connectivity index (χ1) is 15.7. The van der Waals surface area contributed by atoms with Gasteiger partial charge in [0, 0.05) is 17.2 Å². The lowest BCUT2D eigenvalue weighted by atomic mass is 10.0. The molecule has 1 amide bonds. The van der Waals surface area contributed by atoms with Gasteiger partial charge in [-0.05, 0) is 42.3 Å². The lowest BCUT2D eigenvalue weighted by Gasteiger charge is -2.20. The van der Waals surface area contributed by atoms with E-state index in [1.807, 2.05) is 0 Å². The van der Waals surface area contributed by atoms with Crippen LogP contribution >= 0.6 is 11.6 Å². The topological polar surface area (TPSA) is 125 Å². The Balaban J connectivity index is 1.65. The summed E-state index contributed by atoms with van der Waals surface area (Å²) in [6.45, 7) is 3.20. The number of aromatic nitrogens is 1. The highest BCUT2D eigenvalue weighted by Gasteiger charge is 2.27. The van der Waals surface area contributed by atoms with Gasteiger partial charge >= 0.3 is 5.97 Å². The minimum atomic E-state index is -1.02. The third-order valence-corrected chi connectivity index (χ3v) is 4.94. The van der Waals surface area contributed by atoms with E-state index in [1.54, 1.807) is 13.8 Å². The Morgan fingerprint density at radius 1 is 1.24 bits per heavy atom. The molecule has 1 heterocycles. The van der Waals surface area contributed by atoms with Gasteiger partial charge in [0.1, 0.15) is 35.4 Å². The van der Waals surface area contributed by atoms with E-state index < -0.39 is 34.3 Å². The number of nitrogens with zero attached hydrogens (tertiary/aromatic N) is 2. The lowest BCUT2D eigenvalue weighted by molar-refractivity contribution is -0.384. The molecule has 1 aromatic heterocycles. The predicted molar refractivity (Wildman–Crippen MR) is 116 cm³/mol. The molecule has 0 fully saturated rings. The summed E-state index contributed by atoms with van der Waals surface area (Å²) < 4.78 is 23.7. The smallest absolute Gasteiger partial charge is 0.329 e. The fourth-order valence-electron chi connectivity index (χ4n) is 2.85. The van der Waals surface area contributed by atoms with Crippen LogP contribution in [0.5, 0.6) is 0 Å². The molecule has 1 atom stereocenters. The van der Waals surface area contributed by atoms with Gasteiger partial charge in [-0.1, -0.05) is 25.4 Å². The van der Waals surface area contributed by atoms with Gasteiger partial charge in [-0.15, -0.1) is 0 Å². The van der Waals surface area contributed by atoms with Gasteiger partial charge in [0.2, 0.25) is 5.89 Å². The zero-order valence-electron chi connectivity index (χ0n) is 17.6. The molecule has 0 radical (unpaired) electrons. The maximum Gasteiger partial charge on any atom is 0.329 e. The Bertz CT molecular complexity index is 1180. The van der Waals surface area contributed by atoms with Crippen LogP contribution in [0.3, 0.4) is 0 Å². The number of ether oxygens (including phenoxy) is 1. The molecular formula is C22H19ClFN3O6. The van der Waals surface area contributed by atoms with Crippen LogP contribution in [0, 0.1) is 21.8 Å². The summed E-state index contributed by atoms with van der Waals surface area (Å²) in [6, 6.07) is 8.11. The molecule has 0 aliphatic carbocycles. The Morgan fingerprint density at radius 2 is 1.94 bits per heavy atom. The number of hydrogen-bond donors (Lipinski definition) is 1. The normalized spacial score (nSPS) is 11.8. The van der Waals surface area contributed by atoms with Crippen LogP contribution in [-0.4, -0.2) is 27.8 Å². The van der Waals surface area contributed by atoms with Crippen LogP contribution in [0.1, 0.15) is 29.9 Å². The summed E-state index contributed by atoms with van der Waals surface area (Å²) in [7, 11) is 0. The first-order valence-corrected chi connectivity index (χ1v) is 10.1. The second-order valence-electron chi connectivity index (χ2n) is 7.38. The van der Waals surface area contributed by atoms with E-state index in [9.17, 15) is 24.1 Å². The number of carbonyl (C=O) groups is 2. The van der Waals surface area contributed by atoms with Crippen molar-refractivity contribution in [2.45, 2.75) is 26.5 Å². The van der Waals surface area contributed by atoms with Gasteiger partial charge in [0.05, 0.1) is 4.92 Å². The van der Waals surface area contributed by atoms with E-state index in [0.29, 0.717) is 11.3 Å². The number of nitro groups is 1. The maximum absolute atomic E-state index is 13.1. The highest BCUT2D eigenvalue weighted by atomic mass is 35.5. The molecule has 3 rings (SSSR count). The number of benzene rings is 2. The molecule has 3 aromatic rings. The Kier molecular flexibility index (Phi) is 7.39. The average Bonchev–Trinajstić information content (AvgIpc) is 3.25. The van der Waals surface area contributed by atoms with E-state index in [0.717, 1.165) is 6.07 Å². The summed E-state index contributed by atoms with van der Waals surface area (Å²) >= 11 is 5.77. The molecule has 0 unspecified atom stereocenters. The number of hydrogen-bond acceptors (Lipinski definition) is 7. The molecule has 0 aliphatic heterocycles. The second-order valence-corrected chi connectivity index (χ2v) is 7.78. The highest BCUT2D eigenvalue weighted by Crippen LogP contribution is 2.25. The minimum absolute atomic E-state index is 0.0232. The summed E-state index contributed by atoms with van der Waals surface area (Å²) in [4.78, 5) is 39.7. The monoisotopic (exact) mass is 475 g/mol. The molecule has 0 saturated heterocycles. The van der Waals surface area contributed by atoms with Crippen molar-refractivity contribution in [3.63, 3.8) is 0 Å². The first kappa shape index (κ1) is 23.9. The minimum Gasteiger partial charge on any atom is -0.458 e. The maximum atomic E-state index is 13.1. The number of oxazole rings is 1. The van der Waals surface area contributed by atoms with Crippen LogP contribution in [0.25, 0.3) is 11.5 Å². The largest absolute Gasteiger partial charge is 0.458 e. The second kappa shape index (κ2) is 10.2. The Hall–Kier alpha value is -3.79. The van der Waals surface area contributed by atoms with Crippen molar-refractivity contribution in [3.05, 3.63) is 80.9 Å². The predicted octanol–water partition coefficient (Wildman–Crippen LogP) is 4.54. The van der Waals surface area contributed by atoms with Gasteiger partial charge in [0.25, 0.3) is 11.6 Å². The quantitative estimate of drug-likeness (QED) is 0.288. The zero-order chi connectivity index (χ0) is 24.1. The number of carbonyl (C=O) groups excluding carboxylic acids is 2. The van der Waals surface area contributed by atoms with Crippen molar-refractivity contribution in [3.8, 4) is 11.5 Å². The molecular weight excluding hydrogens is 457 g/mol. The molecule has 9 nitrogen and oxygen atoms in total. The van der Waals surface area contributed by atoms with Crippen molar-refractivity contribution < 1.29 is 28.1 Å². The number of nitrogens with one attached hydrogen (secondary N) is 1. The molecule has 0 bridgehead atoms. The van der Waals surface area contributed by atoms with Crippen molar-refractivity contribution in [1.29, 1.82) is 0 Å². The molecule has 172 valence electrons. The van der Waals surface area contributed by atoms with Crippen LogP contribution in [0.15, 0.2) is 53.1 Å². The third-order valence-electron chi connectivity index (χ3n) is 4.62. The molecule has 1 N–H and O–H groups in total. The summed E-state index contributed by atoms with van der Waals surface area (Å²) in [5, 5.41) is 13.5. The zero-order valence-corrected chi connectivity index (χ0v) is 18.3. The molecule has 0 spiro atoms. The van der Waals surface area contributed by atoms with E-state index in [-0.39, 0.29) is 29.0 Å². The molecule has 11 heteroatoms. The molecule has 33 heavy (non-hydrogen) atoms. The number of amides is 1. The van der Waals surface area contributed by atoms with Crippen LogP contribution in [-0.2, 0) is 16.1 Å². The van der Waals surface area contributed by atoms with Gasteiger partial charge in [0.15, 0.2) is 0 Å². The third kappa shape index (κ3) is 5.92. The van der Waals surface area contributed by atoms with Crippen molar-refractivity contribution in [2.24, 2.45) is 5.92 Å². The molecule has 0 aliphatic rings. The van der Waals surface area contributed by atoms with Crippen LogP contribution in [0.4, 0.5) is 10.1 Å². The van der Waals surface area contributed by atoms with Gasteiger partial charge in [-0.25, -0.2) is 14.2 Å². The summed E-state index contributed by atoms with van der Waals surface area (Å²) in [5.74, 6) is -1.90. The first-order valence-electron chi connectivity index (χ1n) is 9.77. The van der Waals surface area contributed by atoms with E-state index >= 15 is 0 Å². The highest BCUT2D eigenvalue weighted by molar-refractivity contribution is 6.32. The number of esters is 1. The number of nitro benzene ring substituents is 1. The standard InChI is InChI=1S/C22H19ClFN3O6/c1-12(2)19(26-20(28)14-5-8-17(23)18(9-14)27(30)31)22(29)33-11-16-10-32-21(25-16)13-3-6-15(24)7-4-13/h3-10,12,19H,11H2,1-2H3,(H,26,28)/t19-/m0/s1. The van der Waals surface area contributed by atoms with Crippen LogP contribution < -0.4 is 5.32 Å². The van der Waals surface area contributed by atoms with Crippen molar-refractivity contribution in [2.75, 3.05) is 0 Å². The number of halogens is 2.